The lowest BCUT2D eigenvalue weighted by Crippen LogP contribution is -1.86. The first kappa shape index (κ1) is 16.8. The Morgan fingerprint density at radius 2 is 1.30 bits per heavy atom. The van der Waals surface area contributed by atoms with Gasteiger partial charge in [-0.3, -0.25) is 0 Å². The van der Waals surface area contributed by atoms with Crippen molar-refractivity contribution in [3.8, 4) is 17.2 Å². The Hall–Kier alpha value is -3.60. The summed E-state index contributed by atoms with van der Waals surface area (Å²) in [5.74, 6) is 1.52. The van der Waals surface area contributed by atoms with Crippen molar-refractivity contribution < 1.29 is 14.6 Å². The lowest BCUT2D eigenvalue weighted by atomic mass is 10.00. The van der Waals surface area contributed by atoms with E-state index in [1.54, 1.807) is 26.4 Å². The van der Waals surface area contributed by atoms with Crippen LogP contribution in [0.5, 0.6) is 17.2 Å². The normalized spacial score (nSPS) is 11.3. The van der Waals surface area contributed by atoms with Gasteiger partial charge in [0.2, 0.25) is 0 Å². The minimum Gasteiger partial charge on any atom is -0.507 e. The van der Waals surface area contributed by atoms with Gasteiger partial charge in [-0.1, -0.05) is 48.5 Å². The van der Waals surface area contributed by atoms with Crippen LogP contribution in [0.2, 0.25) is 0 Å². The first-order valence-electron chi connectivity index (χ1n) is 8.49. The van der Waals surface area contributed by atoms with Crippen molar-refractivity contribution in [1.82, 2.24) is 0 Å². The Kier molecular flexibility index (Phi) is 4.34. The van der Waals surface area contributed by atoms with Crippen molar-refractivity contribution >= 4 is 32.9 Å². The number of phenols is 1. The maximum Gasteiger partial charge on any atom is 0.146 e. The number of fused-ring (bicyclic) bond motifs is 2. The zero-order valence-electron chi connectivity index (χ0n) is 15.0. The minimum absolute atomic E-state index is 0.249. The number of azo groups is 1. The van der Waals surface area contributed by atoms with E-state index in [4.69, 9.17) is 9.47 Å². The van der Waals surface area contributed by atoms with Gasteiger partial charge in [-0.15, -0.1) is 10.2 Å². The van der Waals surface area contributed by atoms with Crippen LogP contribution in [0.4, 0.5) is 11.4 Å². The lowest BCUT2D eigenvalue weighted by molar-refractivity contribution is 0.404. The Labute approximate surface area is 156 Å². The smallest absolute Gasteiger partial charge is 0.146 e. The van der Waals surface area contributed by atoms with E-state index < -0.39 is 0 Å². The van der Waals surface area contributed by atoms with Crippen molar-refractivity contribution in [2.75, 3.05) is 14.2 Å². The van der Waals surface area contributed by atoms with Crippen molar-refractivity contribution in [1.29, 1.82) is 0 Å². The summed E-state index contributed by atoms with van der Waals surface area (Å²) in [4.78, 5) is 0. The van der Waals surface area contributed by atoms with Crippen LogP contribution in [0.25, 0.3) is 21.5 Å². The second-order valence-electron chi connectivity index (χ2n) is 6.03. The summed E-state index contributed by atoms with van der Waals surface area (Å²) in [6.45, 7) is 0. The second-order valence-corrected chi connectivity index (χ2v) is 6.03. The van der Waals surface area contributed by atoms with E-state index in [1.807, 2.05) is 54.6 Å². The number of hydrogen-bond donors (Lipinski definition) is 1. The van der Waals surface area contributed by atoms with Crippen molar-refractivity contribution in [3.05, 3.63) is 66.7 Å². The quantitative estimate of drug-likeness (QED) is 0.352. The summed E-state index contributed by atoms with van der Waals surface area (Å²) in [6, 6.07) is 20.6. The molecule has 0 spiro atoms. The lowest BCUT2D eigenvalue weighted by Gasteiger charge is -2.10. The number of nitrogens with zero attached hydrogens (tertiary/aromatic N) is 2. The van der Waals surface area contributed by atoms with Crippen LogP contribution in [-0.2, 0) is 0 Å². The highest BCUT2D eigenvalue weighted by Gasteiger charge is 2.13. The summed E-state index contributed by atoms with van der Waals surface area (Å²) in [6.07, 6.45) is 0. The Morgan fingerprint density at radius 1 is 0.704 bits per heavy atom. The number of hydrogen-bond acceptors (Lipinski definition) is 5. The molecule has 0 fully saturated rings. The van der Waals surface area contributed by atoms with Gasteiger partial charge >= 0.3 is 0 Å². The molecule has 4 aromatic rings. The molecular weight excluding hydrogens is 340 g/mol. The third-order valence-electron chi connectivity index (χ3n) is 4.52. The predicted molar refractivity (Wildman–Crippen MR) is 107 cm³/mol. The van der Waals surface area contributed by atoms with Gasteiger partial charge in [-0.2, -0.15) is 0 Å². The molecule has 5 nitrogen and oxygen atoms in total. The van der Waals surface area contributed by atoms with Gasteiger partial charge in [0.15, 0.2) is 0 Å². The van der Waals surface area contributed by atoms with Gasteiger partial charge in [0, 0.05) is 27.6 Å². The van der Waals surface area contributed by atoms with Crippen LogP contribution >= 0.6 is 0 Å². The molecule has 27 heavy (non-hydrogen) atoms. The topological polar surface area (TPSA) is 63.4 Å². The zero-order valence-corrected chi connectivity index (χ0v) is 15.0. The molecule has 5 heteroatoms. The molecule has 0 unspecified atom stereocenters. The van der Waals surface area contributed by atoms with Gasteiger partial charge in [0.1, 0.15) is 28.6 Å². The predicted octanol–water partition coefficient (Wildman–Crippen LogP) is 6.13. The van der Waals surface area contributed by atoms with Gasteiger partial charge in [-0.25, -0.2) is 0 Å². The van der Waals surface area contributed by atoms with E-state index in [2.05, 4.69) is 10.2 Å². The molecular formula is C22H18N2O3. The van der Waals surface area contributed by atoms with Gasteiger partial charge in [0.05, 0.1) is 14.2 Å². The average molecular weight is 358 g/mol. The van der Waals surface area contributed by atoms with Crippen molar-refractivity contribution in [2.24, 2.45) is 10.2 Å². The average Bonchev–Trinajstić information content (AvgIpc) is 2.73. The molecule has 0 aromatic heterocycles. The molecule has 134 valence electrons. The molecule has 0 atom stereocenters. The second kappa shape index (κ2) is 6.96. The van der Waals surface area contributed by atoms with E-state index in [0.29, 0.717) is 22.9 Å². The van der Waals surface area contributed by atoms with Crippen molar-refractivity contribution in [3.63, 3.8) is 0 Å². The van der Waals surface area contributed by atoms with Crippen molar-refractivity contribution in [2.45, 2.75) is 0 Å². The summed E-state index contributed by atoms with van der Waals surface area (Å²) in [5.41, 5.74) is 1.27. The molecule has 0 amide bonds. The fraction of sp³-hybridized carbons (Fsp3) is 0.0909. The first-order valence-corrected chi connectivity index (χ1v) is 8.49. The SMILES string of the molecule is COc1ccc(OC)c(N=Nc2c3ccccc3c(O)c3ccccc23)c1. The highest BCUT2D eigenvalue weighted by atomic mass is 16.5. The fourth-order valence-electron chi connectivity index (χ4n) is 3.17. The highest BCUT2D eigenvalue weighted by molar-refractivity contribution is 6.14. The van der Waals surface area contributed by atoms with E-state index >= 15 is 0 Å². The molecule has 0 aliphatic rings. The molecule has 0 aliphatic carbocycles. The summed E-state index contributed by atoms with van der Waals surface area (Å²) < 4.78 is 10.7. The fourth-order valence-corrected chi connectivity index (χ4v) is 3.17. The monoisotopic (exact) mass is 358 g/mol. The van der Waals surface area contributed by atoms with Crippen LogP contribution in [-0.4, -0.2) is 19.3 Å². The number of methoxy groups -OCH3 is 2. The standard InChI is InChI=1S/C22H18N2O3/c1-26-14-11-12-20(27-2)19(13-14)23-24-21-15-7-3-5-9-17(15)22(25)18-10-6-4-8-16(18)21/h3-13,25H,1-2H3. The number of aromatic hydroxyl groups is 1. The number of benzene rings is 4. The molecule has 4 aromatic carbocycles. The van der Waals surface area contributed by atoms with Gasteiger partial charge in [-0.05, 0) is 12.1 Å². The molecule has 0 saturated carbocycles. The van der Waals surface area contributed by atoms with Crippen LogP contribution in [0.1, 0.15) is 0 Å². The van der Waals surface area contributed by atoms with E-state index in [1.165, 1.54) is 0 Å². The third kappa shape index (κ3) is 2.93. The van der Waals surface area contributed by atoms with E-state index in [9.17, 15) is 5.11 Å². The molecule has 0 saturated heterocycles. The number of ether oxygens (including phenoxy) is 2. The maximum absolute atomic E-state index is 10.7. The first-order chi connectivity index (χ1) is 13.2. The van der Waals surface area contributed by atoms with Crippen LogP contribution in [0, 0.1) is 0 Å². The molecule has 0 aliphatic heterocycles. The van der Waals surface area contributed by atoms with E-state index in [0.717, 1.165) is 21.5 Å². The van der Waals surface area contributed by atoms with Crippen LogP contribution in [0.15, 0.2) is 77.0 Å². The Morgan fingerprint density at radius 3 is 1.85 bits per heavy atom. The molecule has 0 heterocycles. The third-order valence-corrected chi connectivity index (χ3v) is 4.52. The molecule has 0 bridgehead atoms. The summed E-state index contributed by atoms with van der Waals surface area (Å²) in [5, 5.41) is 22.8. The highest BCUT2D eigenvalue weighted by Crippen LogP contribution is 2.43. The van der Waals surface area contributed by atoms with Crippen LogP contribution in [0.3, 0.4) is 0 Å². The summed E-state index contributed by atoms with van der Waals surface area (Å²) in [7, 11) is 3.19. The maximum atomic E-state index is 10.7. The summed E-state index contributed by atoms with van der Waals surface area (Å²) >= 11 is 0. The van der Waals surface area contributed by atoms with E-state index in [-0.39, 0.29) is 5.75 Å². The molecule has 1 N–H and O–H groups in total. The van der Waals surface area contributed by atoms with Crippen LogP contribution < -0.4 is 9.47 Å². The molecule has 4 rings (SSSR count). The molecule has 0 radical (unpaired) electrons. The van der Waals surface area contributed by atoms with Gasteiger partial charge in [0.25, 0.3) is 0 Å². The number of phenolic OH excluding ortho intramolecular Hbond substituents is 1. The Balaban J connectivity index is 1.96. The zero-order chi connectivity index (χ0) is 18.8. The Bertz CT molecular complexity index is 1110. The van der Waals surface area contributed by atoms with Gasteiger partial charge < -0.3 is 14.6 Å². The largest absolute Gasteiger partial charge is 0.507 e. The number of rotatable bonds is 4. The minimum atomic E-state index is 0.249.